The lowest BCUT2D eigenvalue weighted by Gasteiger charge is -2.29. The molecule has 3 rings (SSSR count). The first-order valence-corrected chi connectivity index (χ1v) is 9.75. The molecule has 2 aromatic rings. The SMILES string of the molecule is CN(C)c1nc(NC2CCC(NC(=O)CBr)CC2)nc2ccccc12. The molecule has 25 heavy (non-hydrogen) atoms. The fourth-order valence-corrected chi connectivity index (χ4v) is 3.46. The number of hydrogen-bond acceptors (Lipinski definition) is 5. The smallest absolute Gasteiger partial charge is 0.230 e. The van der Waals surface area contributed by atoms with Gasteiger partial charge in [0.2, 0.25) is 11.9 Å². The van der Waals surface area contributed by atoms with Crippen molar-refractivity contribution in [1.82, 2.24) is 15.3 Å². The molecule has 0 aliphatic heterocycles. The second kappa shape index (κ2) is 7.99. The summed E-state index contributed by atoms with van der Waals surface area (Å²) in [6.45, 7) is 0. The molecule has 1 amide bonds. The maximum Gasteiger partial charge on any atom is 0.230 e. The highest BCUT2D eigenvalue weighted by molar-refractivity contribution is 9.09. The van der Waals surface area contributed by atoms with E-state index in [9.17, 15) is 4.79 Å². The van der Waals surface area contributed by atoms with Gasteiger partial charge >= 0.3 is 0 Å². The van der Waals surface area contributed by atoms with Crippen molar-refractivity contribution in [1.29, 1.82) is 0 Å². The van der Waals surface area contributed by atoms with Gasteiger partial charge in [0.05, 0.1) is 10.8 Å². The molecule has 6 nitrogen and oxygen atoms in total. The molecule has 1 fully saturated rings. The van der Waals surface area contributed by atoms with Crippen molar-refractivity contribution in [3.63, 3.8) is 0 Å². The minimum atomic E-state index is 0.0601. The molecule has 2 N–H and O–H groups in total. The van der Waals surface area contributed by atoms with Crippen molar-refractivity contribution in [2.45, 2.75) is 37.8 Å². The number of rotatable bonds is 5. The standard InChI is InChI=1S/C18H24BrN5O/c1-24(2)17-14-5-3-4-6-15(14)22-18(23-17)21-13-9-7-12(8-10-13)20-16(25)11-19/h3-6,12-13H,7-11H2,1-2H3,(H,20,25)(H,21,22,23). The van der Waals surface area contributed by atoms with Gasteiger partial charge in [-0.25, -0.2) is 4.98 Å². The minimum Gasteiger partial charge on any atom is -0.362 e. The van der Waals surface area contributed by atoms with E-state index in [1.54, 1.807) is 0 Å². The number of fused-ring (bicyclic) bond motifs is 1. The Morgan fingerprint density at radius 3 is 2.52 bits per heavy atom. The van der Waals surface area contributed by atoms with Crippen LogP contribution in [0.2, 0.25) is 0 Å². The lowest BCUT2D eigenvalue weighted by atomic mass is 9.91. The quantitative estimate of drug-likeness (QED) is 0.748. The first-order chi connectivity index (χ1) is 12.1. The lowest BCUT2D eigenvalue weighted by molar-refractivity contribution is -0.119. The molecule has 7 heteroatoms. The average Bonchev–Trinajstić information content (AvgIpc) is 2.62. The first-order valence-electron chi connectivity index (χ1n) is 8.63. The number of carbonyl (C=O) groups excluding carboxylic acids is 1. The maximum absolute atomic E-state index is 11.5. The van der Waals surface area contributed by atoms with E-state index < -0.39 is 0 Å². The summed E-state index contributed by atoms with van der Waals surface area (Å²) in [4.78, 5) is 22.9. The van der Waals surface area contributed by atoms with Gasteiger partial charge in [-0.1, -0.05) is 28.1 Å². The summed E-state index contributed by atoms with van der Waals surface area (Å²) in [5, 5.41) is 7.95. The van der Waals surface area contributed by atoms with E-state index in [4.69, 9.17) is 4.98 Å². The summed E-state index contributed by atoms with van der Waals surface area (Å²) in [6, 6.07) is 8.69. The van der Waals surface area contributed by atoms with E-state index >= 15 is 0 Å². The molecule has 1 aromatic heterocycles. The Hall–Kier alpha value is -1.89. The van der Waals surface area contributed by atoms with E-state index in [1.807, 2.05) is 43.3 Å². The van der Waals surface area contributed by atoms with Crippen LogP contribution in [0.1, 0.15) is 25.7 Å². The van der Waals surface area contributed by atoms with Crippen molar-refractivity contribution in [3.8, 4) is 0 Å². The largest absolute Gasteiger partial charge is 0.362 e. The number of para-hydroxylation sites is 1. The van der Waals surface area contributed by atoms with Crippen molar-refractivity contribution in [2.24, 2.45) is 0 Å². The molecule has 134 valence electrons. The molecule has 1 aliphatic rings. The highest BCUT2D eigenvalue weighted by Crippen LogP contribution is 2.26. The topological polar surface area (TPSA) is 70.2 Å². The molecular formula is C18H24BrN5O. The Kier molecular flexibility index (Phi) is 5.73. The van der Waals surface area contributed by atoms with Crippen LogP contribution in [0.25, 0.3) is 10.9 Å². The Bertz CT molecular complexity index is 743. The number of hydrogen-bond donors (Lipinski definition) is 2. The summed E-state index contributed by atoms with van der Waals surface area (Å²) >= 11 is 3.19. The molecule has 1 aromatic carbocycles. The Morgan fingerprint density at radius 1 is 1.16 bits per heavy atom. The number of carbonyl (C=O) groups is 1. The molecule has 0 bridgehead atoms. The van der Waals surface area contributed by atoms with Crippen molar-refractivity contribution in [2.75, 3.05) is 29.6 Å². The zero-order valence-electron chi connectivity index (χ0n) is 14.6. The van der Waals surface area contributed by atoms with Gasteiger partial charge in [0, 0.05) is 31.6 Å². The van der Waals surface area contributed by atoms with Crippen LogP contribution in [-0.2, 0) is 4.79 Å². The van der Waals surface area contributed by atoms with E-state index in [-0.39, 0.29) is 11.9 Å². The monoisotopic (exact) mass is 405 g/mol. The Morgan fingerprint density at radius 2 is 1.84 bits per heavy atom. The van der Waals surface area contributed by atoms with Gasteiger partial charge in [0.15, 0.2) is 0 Å². The van der Waals surface area contributed by atoms with Gasteiger partial charge in [-0.3, -0.25) is 4.79 Å². The van der Waals surface area contributed by atoms with Gasteiger partial charge in [0.25, 0.3) is 0 Å². The third kappa shape index (κ3) is 4.39. The van der Waals surface area contributed by atoms with Crippen LogP contribution >= 0.6 is 15.9 Å². The second-order valence-corrected chi connectivity index (χ2v) is 7.24. The van der Waals surface area contributed by atoms with Gasteiger partial charge in [0.1, 0.15) is 5.82 Å². The second-order valence-electron chi connectivity index (χ2n) is 6.68. The van der Waals surface area contributed by atoms with Gasteiger partial charge in [-0.05, 0) is 37.8 Å². The number of halogens is 1. The zero-order chi connectivity index (χ0) is 17.8. The zero-order valence-corrected chi connectivity index (χ0v) is 16.2. The predicted molar refractivity (Wildman–Crippen MR) is 105 cm³/mol. The average molecular weight is 406 g/mol. The van der Waals surface area contributed by atoms with Crippen LogP contribution in [-0.4, -0.2) is 47.4 Å². The molecule has 0 saturated heterocycles. The van der Waals surface area contributed by atoms with Crippen molar-refractivity contribution >= 4 is 44.5 Å². The highest BCUT2D eigenvalue weighted by atomic mass is 79.9. The molecule has 0 radical (unpaired) electrons. The van der Waals surface area contributed by atoms with Crippen LogP contribution in [0.5, 0.6) is 0 Å². The summed E-state index contributed by atoms with van der Waals surface area (Å²) < 4.78 is 0. The molecule has 1 aliphatic carbocycles. The van der Waals surface area contributed by atoms with E-state index in [0.717, 1.165) is 42.4 Å². The summed E-state index contributed by atoms with van der Waals surface area (Å²) in [7, 11) is 3.99. The number of amides is 1. The van der Waals surface area contributed by atoms with Crippen LogP contribution < -0.4 is 15.5 Å². The van der Waals surface area contributed by atoms with Gasteiger partial charge in [-0.2, -0.15) is 4.98 Å². The number of nitrogens with zero attached hydrogens (tertiary/aromatic N) is 3. The first kappa shape index (κ1) is 17.9. The fourth-order valence-electron chi connectivity index (χ4n) is 3.30. The van der Waals surface area contributed by atoms with E-state index in [1.165, 1.54) is 0 Å². The highest BCUT2D eigenvalue weighted by Gasteiger charge is 2.23. The maximum atomic E-state index is 11.5. The molecule has 0 unspecified atom stereocenters. The Labute approximate surface area is 156 Å². The van der Waals surface area contributed by atoms with Crippen molar-refractivity contribution < 1.29 is 4.79 Å². The molecule has 0 spiro atoms. The van der Waals surface area contributed by atoms with Gasteiger partial charge in [-0.15, -0.1) is 0 Å². The number of anilines is 2. The van der Waals surface area contributed by atoms with Gasteiger partial charge < -0.3 is 15.5 Å². The number of benzene rings is 1. The lowest BCUT2D eigenvalue weighted by Crippen LogP contribution is -2.40. The summed E-state index contributed by atoms with van der Waals surface area (Å²) in [5.74, 6) is 1.66. The number of nitrogens with one attached hydrogen (secondary N) is 2. The molecule has 1 heterocycles. The summed E-state index contributed by atoms with van der Waals surface area (Å²) in [6.07, 6.45) is 3.95. The number of alkyl halides is 1. The van der Waals surface area contributed by atoms with Crippen LogP contribution in [0, 0.1) is 0 Å². The van der Waals surface area contributed by atoms with E-state index in [2.05, 4.69) is 31.5 Å². The summed E-state index contributed by atoms with van der Waals surface area (Å²) in [5.41, 5.74) is 0.946. The molecule has 1 saturated carbocycles. The van der Waals surface area contributed by atoms with Crippen molar-refractivity contribution in [3.05, 3.63) is 24.3 Å². The molecule has 0 atom stereocenters. The van der Waals surface area contributed by atoms with E-state index in [0.29, 0.717) is 17.3 Å². The normalized spacial score (nSPS) is 20.3. The van der Waals surface area contributed by atoms with Crippen LogP contribution in [0.3, 0.4) is 0 Å². The third-order valence-corrected chi connectivity index (χ3v) is 5.06. The number of aromatic nitrogens is 2. The van der Waals surface area contributed by atoms with Crippen LogP contribution in [0.4, 0.5) is 11.8 Å². The third-order valence-electron chi connectivity index (χ3n) is 4.55. The fraction of sp³-hybridized carbons (Fsp3) is 0.500. The Balaban J connectivity index is 1.69. The minimum absolute atomic E-state index is 0.0601. The van der Waals surface area contributed by atoms with Crippen LogP contribution in [0.15, 0.2) is 24.3 Å². The predicted octanol–water partition coefficient (Wildman–Crippen LogP) is 2.93. The molecular weight excluding hydrogens is 382 g/mol.